The maximum Gasteiger partial charge on any atom is 0.254 e. The predicted molar refractivity (Wildman–Crippen MR) is 71.3 cm³/mol. The van der Waals surface area contributed by atoms with E-state index in [0.717, 1.165) is 12.8 Å². The molecule has 2 unspecified atom stereocenters. The molecule has 3 N–H and O–H groups in total. The highest BCUT2D eigenvalue weighted by Crippen LogP contribution is 2.21. The van der Waals surface area contributed by atoms with E-state index in [0.29, 0.717) is 11.4 Å². The van der Waals surface area contributed by atoms with E-state index < -0.39 is 6.10 Å². The number of nitrogens with two attached hydrogens (primary N) is 1. The zero-order valence-corrected chi connectivity index (χ0v) is 11.2. The molecule has 0 saturated carbocycles. The first-order chi connectivity index (χ1) is 8.49. The van der Waals surface area contributed by atoms with Gasteiger partial charge in [-0.25, -0.2) is 0 Å². The molecule has 1 aliphatic heterocycles. The van der Waals surface area contributed by atoms with Crippen molar-refractivity contribution in [3.05, 3.63) is 11.8 Å². The smallest absolute Gasteiger partial charge is 0.254 e. The number of nitrogens with zero attached hydrogens (tertiary/aromatic N) is 2. The van der Waals surface area contributed by atoms with Crippen LogP contribution >= 0.6 is 12.2 Å². The van der Waals surface area contributed by atoms with Gasteiger partial charge in [0.2, 0.25) is 0 Å². The first kappa shape index (κ1) is 13.0. The van der Waals surface area contributed by atoms with Gasteiger partial charge >= 0.3 is 0 Å². The van der Waals surface area contributed by atoms with Crippen molar-refractivity contribution >= 4 is 28.9 Å². The molecule has 2 rings (SSSR count). The summed E-state index contributed by atoms with van der Waals surface area (Å²) < 4.78 is 7.04. The molecule has 98 valence electrons. The third-order valence-electron chi connectivity index (χ3n) is 2.97. The summed E-state index contributed by atoms with van der Waals surface area (Å²) in [5, 5.41) is 6.80. The van der Waals surface area contributed by atoms with Gasteiger partial charge in [-0.3, -0.25) is 9.48 Å². The highest BCUT2D eigenvalue weighted by molar-refractivity contribution is 7.80. The number of aromatic nitrogens is 2. The molecule has 6 nitrogen and oxygen atoms in total. The first-order valence-electron chi connectivity index (χ1n) is 5.77. The number of aryl methyl sites for hydroxylation is 1. The molecule has 7 heteroatoms. The standard InChI is InChI=1S/C11H16N4O2S/c1-6-3-4-8(17-6)11(16)14-10-7(9(12)18)5-13-15(10)2/h5-6,8H,3-4H2,1-2H3,(H2,12,18)(H,14,16). The summed E-state index contributed by atoms with van der Waals surface area (Å²) in [6, 6.07) is 0. The van der Waals surface area contributed by atoms with E-state index in [1.54, 1.807) is 7.05 Å². The van der Waals surface area contributed by atoms with Crippen LogP contribution in [0.15, 0.2) is 6.20 Å². The zero-order chi connectivity index (χ0) is 13.3. The van der Waals surface area contributed by atoms with Crippen LogP contribution in [0.25, 0.3) is 0 Å². The lowest BCUT2D eigenvalue weighted by Gasteiger charge is -2.12. The van der Waals surface area contributed by atoms with Gasteiger partial charge < -0.3 is 15.8 Å². The minimum absolute atomic E-state index is 0.127. The Morgan fingerprint density at radius 3 is 2.94 bits per heavy atom. The average molecular weight is 268 g/mol. The second-order valence-electron chi connectivity index (χ2n) is 4.40. The van der Waals surface area contributed by atoms with Crippen LogP contribution in [0.5, 0.6) is 0 Å². The number of hydrogen-bond acceptors (Lipinski definition) is 4. The van der Waals surface area contributed by atoms with E-state index in [2.05, 4.69) is 10.4 Å². The second-order valence-corrected chi connectivity index (χ2v) is 4.84. The minimum atomic E-state index is -0.408. The minimum Gasteiger partial charge on any atom is -0.389 e. The van der Waals surface area contributed by atoms with Crippen molar-refractivity contribution in [1.29, 1.82) is 0 Å². The summed E-state index contributed by atoms with van der Waals surface area (Å²) in [4.78, 5) is 12.2. The van der Waals surface area contributed by atoms with Gasteiger partial charge in [0.05, 0.1) is 17.9 Å². The molecule has 0 radical (unpaired) electrons. The molecule has 1 fully saturated rings. The number of thiocarbonyl (C=S) groups is 1. The second kappa shape index (κ2) is 5.03. The molecule has 18 heavy (non-hydrogen) atoms. The van der Waals surface area contributed by atoms with E-state index in [1.807, 2.05) is 6.92 Å². The van der Waals surface area contributed by atoms with E-state index in [1.165, 1.54) is 10.9 Å². The van der Waals surface area contributed by atoms with E-state index >= 15 is 0 Å². The summed E-state index contributed by atoms with van der Waals surface area (Å²) in [6.07, 6.45) is 2.88. The Morgan fingerprint density at radius 2 is 2.39 bits per heavy atom. The van der Waals surface area contributed by atoms with Crippen molar-refractivity contribution in [2.45, 2.75) is 32.0 Å². The van der Waals surface area contributed by atoms with Crippen molar-refractivity contribution in [2.24, 2.45) is 12.8 Å². The van der Waals surface area contributed by atoms with Gasteiger partial charge in [-0.2, -0.15) is 5.10 Å². The number of ether oxygens (including phenoxy) is 1. The molecule has 1 amide bonds. The topological polar surface area (TPSA) is 82.2 Å². The number of hydrogen-bond donors (Lipinski definition) is 2. The van der Waals surface area contributed by atoms with Gasteiger partial charge in [-0.1, -0.05) is 12.2 Å². The van der Waals surface area contributed by atoms with E-state index in [9.17, 15) is 4.79 Å². The molecule has 2 atom stereocenters. The molecule has 0 bridgehead atoms. The van der Waals surface area contributed by atoms with Crippen LogP contribution in [0.3, 0.4) is 0 Å². The van der Waals surface area contributed by atoms with Crippen LogP contribution in [-0.2, 0) is 16.6 Å². The van der Waals surface area contributed by atoms with Gasteiger partial charge in [0.15, 0.2) is 0 Å². The lowest BCUT2D eigenvalue weighted by atomic mass is 10.2. The van der Waals surface area contributed by atoms with Crippen molar-refractivity contribution in [1.82, 2.24) is 9.78 Å². The van der Waals surface area contributed by atoms with Gasteiger partial charge in [-0.05, 0) is 19.8 Å². The molecule has 1 saturated heterocycles. The number of nitrogens with one attached hydrogen (secondary N) is 1. The van der Waals surface area contributed by atoms with Crippen LogP contribution in [0.4, 0.5) is 5.82 Å². The molecule has 1 aromatic heterocycles. The third-order valence-corrected chi connectivity index (χ3v) is 3.19. The molecule has 0 spiro atoms. The Kier molecular flexibility index (Phi) is 3.63. The van der Waals surface area contributed by atoms with Crippen LogP contribution in [0.1, 0.15) is 25.3 Å². The zero-order valence-electron chi connectivity index (χ0n) is 10.3. The molecular formula is C11H16N4O2S. The molecule has 1 aromatic rings. The van der Waals surface area contributed by atoms with Gasteiger partial charge in [0, 0.05) is 7.05 Å². The largest absolute Gasteiger partial charge is 0.389 e. The lowest BCUT2D eigenvalue weighted by Crippen LogP contribution is -2.29. The van der Waals surface area contributed by atoms with Crippen molar-refractivity contribution in [3.8, 4) is 0 Å². The lowest BCUT2D eigenvalue weighted by molar-refractivity contribution is -0.126. The molecule has 0 aromatic carbocycles. The Balaban J connectivity index is 2.12. The average Bonchev–Trinajstić information content (AvgIpc) is 2.87. The van der Waals surface area contributed by atoms with Crippen molar-refractivity contribution in [3.63, 3.8) is 0 Å². The highest BCUT2D eigenvalue weighted by atomic mass is 32.1. The summed E-state index contributed by atoms with van der Waals surface area (Å²) in [7, 11) is 1.72. The fraction of sp³-hybridized carbons (Fsp3) is 0.545. The molecule has 0 aliphatic carbocycles. The van der Waals surface area contributed by atoms with Gasteiger partial charge in [-0.15, -0.1) is 0 Å². The van der Waals surface area contributed by atoms with Crippen LogP contribution in [0, 0.1) is 0 Å². The SMILES string of the molecule is CC1CCC(C(=O)Nc2c(C(N)=S)cnn2C)O1. The fourth-order valence-electron chi connectivity index (χ4n) is 1.96. The van der Waals surface area contributed by atoms with Gasteiger partial charge in [0.25, 0.3) is 5.91 Å². The normalized spacial score (nSPS) is 23.0. The van der Waals surface area contributed by atoms with Crippen molar-refractivity contribution in [2.75, 3.05) is 5.32 Å². The summed E-state index contributed by atoms with van der Waals surface area (Å²) >= 11 is 4.91. The number of carbonyl (C=O) groups excluding carboxylic acids is 1. The number of anilines is 1. The highest BCUT2D eigenvalue weighted by Gasteiger charge is 2.29. The Hall–Kier alpha value is -1.47. The van der Waals surface area contributed by atoms with E-state index in [-0.39, 0.29) is 17.0 Å². The Bertz CT molecular complexity index is 485. The Labute approximate surface area is 110 Å². The molecule has 1 aliphatic rings. The number of amides is 1. The quantitative estimate of drug-likeness (QED) is 0.783. The summed E-state index contributed by atoms with van der Waals surface area (Å²) in [6.45, 7) is 1.96. The van der Waals surface area contributed by atoms with Gasteiger partial charge in [0.1, 0.15) is 16.9 Å². The molecule has 2 heterocycles. The van der Waals surface area contributed by atoms with Crippen LogP contribution in [0.2, 0.25) is 0 Å². The predicted octanol–water partition coefficient (Wildman–Crippen LogP) is 0.560. The monoisotopic (exact) mass is 268 g/mol. The van der Waals surface area contributed by atoms with Crippen LogP contribution in [-0.4, -0.2) is 32.9 Å². The number of rotatable bonds is 3. The maximum atomic E-state index is 12.0. The number of carbonyl (C=O) groups is 1. The summed E-state index contributed by atoms with van der Waals surface area (Å²) in [5.74, 6) is 0.330. The third kappa shape index (κ3) is 2.51. The summed E-state index contributed by atoms with van der Waals surface area (Å²) in [5.41, 5.74) is 6.14. The maximum absolute atomic E-state index is 12.0. The Morgan fingerprint density at radius 1 is 1.67 bits per heavy atom. The fourth-order valence-corrected chi connectivity index (χ4v) is 2.11. The van der Waals surface area contributed by atoms with Crippen molar-refractivity contribution < 1.29 is 9.53 Å². The molecular weight excluding hydrogens is 252 g/mol. The van der Waals surface area contributed by atoms with E-state index in [4.69, 9.17) is 22.7 Å². The first-order valence-corrected chi connectivity index (χ1v) is 6.18. The van der Waals surface area contributed by atoms with Crippen LogP contribution < -0.4 is 11.1 Å².